The molecule has 0 bridgehead atoms. The molecule has 0 aromatic heterocycles. The van der Waals surface area contributed by atoms with Crippen LogP contribution in [0.2, 0.25) is 10.0 Å². The first-order chi connectivity index (χ1) is 9.70. The van der Waals surface area contributed by atoms with Crippen LogP contribution in [0.4, 0.5) is 0 Å². The Morgan fingerprint density at radius 2 is 2.00 bits per heavy atom. The van der Waals surface area contributed by atoms with Crippen molar-refractivity contribution in [1.82, 2.24) is 5.32 Å². The van der Waals surface area contributed by atoms with Gasteiger partial charge in [0.2, 0.25) is 0 Å². The highest BCUT2D eigenvalue weighted by atomic mass is 35.5. The topological polar surface area (TPSA) is 21.3 Å². The minimum absolute atomic E-state index is 0.0396. The van der Waals surface area contributed by atoms with Gasteiger partial charge < -0.3 is 10.1 Å². The maximum atomic E-state index is 6.13. The summed E-state index contributed by atoms with van der Waals surface area (Å²) in [6.45, 7) is 0.754. The molecular weight excluding hydrogens is 293 g/mol. The molecule has 1 atom stereocenters. The first-order valence-corrected chi connectivity index (χ1v) is 7.33. The highest BCUT2D eigenvalue weighted by Crippen LogP contribution is 2.37. The molecule has 2 nitrogen and oxygen atoms in total. The van der Waals surface area contributed by atoms with E-state index in [9.17, 15) is 0 Å². The van der Waals surface area contributed by atoms with Crippen molar-refractivity contribution >= 4 is 23.2 Å². The number of hydrogen-bond acceptors (Lipinski definition) is 2. The molecule has 0 fully saturated rings. The SMILES string of the molecule is CNC(c1ccc(Cl)c(Cl)c1)c1cccc2c1OCC2. The average molecular weight is 308 g/mol. The number of nitrogens with one attached hydrogen (secondary N) is 1. The van der Waals surface area contributed by atoms with Gasteiger partial charge in [-0.25, -0.2) is 0 Å². The lowest BCUT2D eigenvalue weighted by Gasteiger charge is -2.20. The van der Waals surface area contributed by atoms with Gasteiger partial charge in [0, 0.05) is 12.0 Å². The van der Waals surface area contributed by atoms with Gasteiger partial charge >= 0.3 is 0 Å². The predicted molar refractivity (Wildman–Crippen MR) is 83.0 cm³/mol. The minimum atomic E-state index is 0.0396. The third-order valence-corrected chi connectivity index (χ3v) is 4.36. The van der Waals surface area contributed by atoms with Gasteiger partial charge in [-0.3, -0.25) is 0 Å². The van der Waals surface area contributed by atoms with E-state index in [4.69, 9.17) is 27.9 Å². The van der Waals surface area contributed by atoms with E-state index in [0.29, 0.717) is 10.0 Å². The Balaban J connectivity index is 2.06. The van der Waals surface area contributed by atoms with Crippen molar-refractivity contribution in [3.05, 3.63) is 63.1 Å². The standard InChI is InChI=1S/C16H15Cl2NO/c1-19-15(11-5-6-13(17)14(18)9-11)12-4-2-3-10-7-8-20-16(10)12/h2-6,9,15,19H,7-8H2,1H3. The molecule has 1 unspecified atom stereocenters. The van der Waals surface area contributed by atoms with Crippen molar-refractivity contribution in [1.29, 1.82) is 0 Å². The van der Waals surface area contributed by atoms with E-state index in [-0.39, 0.29) is 6.04 Å². The fraction of sp³-hybridized carbons (Fsp3) is 0.250. The number of para-hydroxylation sites is 1. The molecule has 0 saturated carbocycles. The Morgan fingerprint density at radius 1 is 1.15 bits per heavy atom. The third-order valence-electron chi connectivity index (χ3n) is 3.62. The zero-order valence-electron chi connectivity index (χ0n) is 11.1. The summed E-state index contributed by atoms with van der Waals surface area (Å²) < 4.78 is 5.79. The molecule has 1 aliphatic heterocycles. The molecule has 0 radical (unpaired) electrons. The molecule has 0 saturated heterocycles. The Bertz CT molecular complexity index is 642. The number of rotatable bonds is 3. The molecule has 20 heavy (non-hydrogen) atoms. The summed E-state index contributed by atoms with van der Waals surface area (Å²) in [5.41, 5.74) is 3.48. The zero-order valence-corrected chi connectivity index (χ0v) is 12.6. The molecule has 2 aromatic rings. The van der Waals surface area contributed by atoms with Crippen molar-refractivity contribution < 1.29 is 4.74 Å². The van der Waals surface area contributed by atoms with Crippen molar-refractivity contribution in [3.63, 3.8) is 0 Å². The maximum absolute atomic E-state index is 6.13. The number of halogens is 2. The summed E-state index contributed by atoms with van der Waals surface area (Å²) in [5.74, 6) is 0.998. The molecule has 2 aromatic carbocycles. The van der Waals surface area contributed by atoms with E-state index in [1.165, 1.54) is 5.56 Å². The summed E-state index contributed by atoms with van der Waals surface area (Å²) in [6, 6.07) is 12.0. The monoisotopic (exact) mass is 307 g/mol. The molecule has 0 aliphatic carbocycles. The Morgan fingerprint density at radius 3 is 2.75 bits per heavy atom. The smallest absolute Gasteiger partial charge is 0.127 e. The van der Waals surface area contributed by atoms with Crippen LogP contribution in [0.3, 0.4) is 0 Å². The van der Waals surface area contributed by atoms with E-state index in [0.717, 1.165) is 29.9 Å². The lowest BCUT2D eigenvalue weighted by molar-refractivity contribution is 0.351. The largest absolute Gasteiger partial charge is 0.493 e. The summed E-state index contributed by atoms with van der Waals surface area (Å²) in [5, 5.41) is 4.47. The quantitative estimate of drug-likeness (QED) is 0.916. The van der Waals surface area contributed by atoms with Gasteiger partial charge in [0.15, 0.2) is 0 Å². The molecule has 1 heterocycles. The fourth-order valence-corrected chi connectivity index (χ4v) is 2.97. The fourth-order valence-electron chi connectivity index (χ4n) is 2.66. The molecule has 4 heteroatoms. The van der Waals surface area contributed by atoms with Gasteiger partial charge in [-0.1, -0.05) is 47.5 Å². The lowest BCUT2D eigenvalue weighted by Crippen LogP contribution is -2.18. The van der Waals surface area contributed by atoms with Crippen LogP contribution in [0.15, 0.2) is 36.4 Å². The van der Waals surface area contributed by atoms with Crippen LogP contribution in [-0.2, 0) is 6.42 Å². The number of benzene rings is 2. The summed E-state index contributed by atoms with van der Waals surface area (Å²) in [4.78, 5) is 0. The molecular formula is C16H15Cl2NO. The minimum Gasteiger partial charge on any atom is -0.493 e. The van der Waals surface area contributed by atoms with Crippen molar-refractivity contribution in [2.45, 2.75) is 12.5 Å². The zero-order chi connectivity index (χ0) is 14.1. The van der Waals surface area contributed by atoms with E-state index < -0.39 is 0 Å². The molecule has 3 rings (SSSR count). The van der Waals surface area contributed by atoms with E-state index in [1.807, 2.05) is 25.2 Å². The van der Waals surface area contributed by atoms with E-state index in [1.54, 1.807) is 0 Å². The second kappa shape index (κ2) is 5.65. The number of hydrogen-bond donors (Lipinski definition) is 1. The van der Waals surface area contributed by atoms with Gasteiger partial charge in [0.25, 0.3) is 0 Å². The first-order valence-electron chi connectivity index (χ1n) is 6.57. The van der Waals surface area contributed by atoms with E-state index in [2.05, 4.69) is 23.5 Å². The summed E-state index contributed by atoms with van der Waals surface area (Å²) in [7, 11) is 1.93. The first kappa shape index (κ1) is 13.7. The van der Waals surface area contributed by atoms with Gasteiger partial charge in [0.1, 0.15) is 5.75 Å². The Kier molecular flexibility index (Phi) is 3.88. The van der Waals surface area contributed by atoms with Crippen LogP contribution >= 0.6 is 23.2 Å². The highest BCUT2D eigenvalue weighted by Gasteiger charge is 2.22. The second-order valence-corrected chi connectivity index (χ2v) is 5.64. The summed E-state index contributed by atoms with van der Waals surface area (Å²) >= 11 is 12.1. The Labute approximate surface area is 128 Å². The van der Waals surface area contributed by atoms with Gasteiger partial charge in [-0.15, -0.1) is 0 Å². The molecule has 1 aliphatic rings. The van der Waals surface area contributed by atoms with Gasteiger partial charge in [-0.05, 0) is 30.3 Å². The van der Waals surface area contributed by atoms with Crippen LogP contribution in [0.25, 0.3) is 0 Å². The van der Waals surface area contributed by atoms with Crippen LogP contribution in [0.1, 0.15) is 22.7 Å². The molecule has 0 amide bonds. The Hall–Kier alpha value is -1.22. The molecule has 104 valence electrons. The number of fused-ring (bicyclic) bond motifs is 1. The predicted octanol–water partition coefficient (Wildman–Crippen LogP) is 4.24. The second-order valence-electron chi connectivity index (χ2n) is 4.83. The lowest BCUT2D eigenvalue weighted by atomic mass is 9.96. The maximum Gasteiger partial charge on any atom is 0.127 e. The van der Waals surface area contributed by atoms with Crippen molar-refractivity contribution in [2.75, 3.05) is 13.7 Å². The third kappa shape index (κ3) is 2.39. The van der Waals surface area contributed by atoms with Gasteiger partial charge in [-0.2, -0.15) is 0 Å². The van der Waals surface area contributed by atoms with Gasteiger partial charge in [0.05, 0.1) is 22.7 Å². The summed E-state index contributed by atoms with van der Waals surface area (Å²) in [6.07, 6.45) is 0.973. The van der Waals surface area contributed by atoms with Crippen LogP contribution in [-0.4, -0.2) is 13.7 Å². The average Bonchev–Trinajstić information content (AvgIpc) is 2.93. The van der Waals surface area contributed by atoms with Crippen molar-refractivity contribution in [2.24, 2.45) is 0 Å². The van der Waals surface area contributed by atoms with Crippen LogP contribution in [0, 0.1) is 0 Å². The number of ether oxygens (including phenoxy) is 1. The normalized spacial score (nSPS) is 14.8. The van der Waals surface area contributed by atoms with Crippen LogP contribution < -0.4 is 10.1 Å². The van der Waals surface area contributed by atoms with Crippen molar-refractivity contribution in [3.8, 4) is 5.75 Å². The van der Waals surface area contributed by atoms with Crippen LogP contribution in [0.5, 0.6) is 5.75 Å². The van der Waals surface area contributed by atoms with E-state index >= 15 is 0 Å². The molecule has 0 spiro atoms. The highest BCUT2D eigenvalue weighted by molar-refractivity contribution is 6.42. The molecule has 1 N–H and O–H groups in total.